The summed E-state index contributed by atoms with van der Waals surface area (Å²) in [7, 11) is 0. The van der Waals surface area contributed by atoms with Crippen molar-refractivity contribution in [2.75, 3.05) is 5.43 Å². The molecule has 8 nitrogen and oxygen atoms in total. The number of nitrogens with zero attached hydrogens (tertiary/aromatic N) is 5. The zero-order valence-corrected chi connectivity index (χ0v) is 15.7. The molecule has 0 spiro atoms. The summed E-state index contributed by atoms with van der Waals surface area (Å²) in [5.41, 5.74) is 6.46. The minimum Gasteiger partial charge on any atom is -0.258 e. The maximum Gasteiger partial charge on any atom is 0.270 e. The molecule has 0 amide bonds. The third kappa shape index (κ3) is 4.33. The normalized spacial score (nSPS) is 10.8. The molecule has 1 heterocycles. The second-order valence-electron chi connectivity index (χ2n) is 6.29. The second kappa shape index (κ2) is 8.70. The Bertz CT molecular complexity index is 1200. The Balaban J connectivity index is 1.63. The first kappa shape index (κ1) is 18.9. The number of nitrogens with one attached hydrogen (secondary N) is 1. The Kier molecular flexibility index (Phi) is 5.47. The van der Waals surface area contributed by atoms with E-state index in [9.17, 15) is 10.1 Å². The maximum absolute atomic E-state index is 10.9. The fourth-order valence-corrected chi connectivity index (χ4v) is 2.84. The van der Waals surface area contributed by atoms with Gasteiger partial charge in [0.05, 0.1) is 11.1 Å². The van der Waals surface area contributed by atoms with Gasteiger partial charge in [0.2, 0.25) is 0 Å². The van der Waals surface area contributed by atoms with Gasteiger partial charge in [-0.1, -0.05) is 72.8 Å². The fraction of sp³-hybridized carbons (Fsp3) is 0. The zero-order valence-electron chi connectivity index (χ0n) is 15.7. The van der Waals surface area contributed by atoms with Crippen LogP contribution in [0.3, 0.4) is 0 Å². The van der Waals surface area contributed by atoms with Crippen molar-refractivity contribution in [1.29, 1.82) is 0 Å². The number of hydrogen-bond donors (Lipinski definition) is 1. The van der Waals surface area contributed by atoms with Gasteiger partial charge in [-0.25, -0.2) is 10.4 Å². The number of rotatable bonds is 6. The van der Waals surface area contributed by atoms with Gasteiger partial charge in [-0.2, -0.15) is 5.10 Å². The number of nitro groups is 1. The summed E-state index contributed by atoms with van der Waals surface area (Å²) in [4.78, 5) is 15.0. The predicted molar refractivity (Wildman–Crippen MR) is 115 cm³/mol. The molecule has 0 bridgehead atoms. The van der Waals surface area contributed by atoms with Crippen LogP contribution in [0.15, 0.2) is 90.0 Å². The number of anilines is 1. The van der Waals surface area contributed by atoms with E-state index in [2.05, 4.69) is 25.7 Å². The average molecular weight is 396 g/mol. The molecule has 1 N–H and O–H groups in total. The molecular formula is C22H16N6O2. The topological polar surface area (TPSA) is 106 Å². The summed E-state index contributed by atoms with van der Waals surface area (Å²) in [6.45, 7) is 0. The summed E-state index contributed by atoms with van der Waals surface area (Å²) in [5.74, 6) is 0.218. The Morgan fingerprint density at radius 2 is 1.50 bits per heavy atom. The Labute approximate surface area is 172 Å². The average Bonchev–Trinajstić information content (AvgIpc) is 2.80. The highest BCUT2D eigenvalue weighted by atomic mass is 16.6. The molecule has 0 radical (unpaired) electrons. The van der Waals surface area contributed by atoms with Gasteiger partial charge in [0.25, 0.3) is 11.6 Å². The highest BCUT2D eigenvalue weighted by Crippen LogP contribution is 2.28. The fourth-order valence-electron chi connectivity index (χ4n) is 2.84. The van der Waals surface area contributed by atoms with Gasteiger partial charge in [-0.3, -0.25) is 10.1 Å². The summed E-state index contributed by atoms with van der Waals surface area (Å²) < 4.78 is 0. The van der Waals surface area contributed by atoms with Gasteiger partial charge in [0, 0.05) is 28.8 Å². The lowest BCUT2D eigenvalue weighted by molar-refractivity contribution is -0.384. The van der Waals surface area contributed by atoms with E-state index in [-0.39, 0.29) is 11.6 Å². The van der Waals surface area contributed by atoms with Gasteiger partial charge < -0.3 is 0 Å². The highest BCUT2D eigenvalue weighted by Gasteiger charge is 2.13. The summed E-state index contributed by atoms with van der Waals surface area (Å²) in [5, 5.41) is 23.4. The van der Waals surface area contributed by atoms with Gasteiger partial charge in [0.1, 0.15) is 11.4 Å². The minimum absolute atomic E-state index is 0.00422. The molecule has 1 aromatic heterocycles. The van der Waals surface area contributed by atoms with Crippen LogP contribution in [0, 0.1) is 10.1 Å². The van der Waals surface area contributed by atoms with E-state index < -0.39 is 4.92 Å². The first-order chi connectivity index (χ1) is 14.7. The van der Waals surface area contributed by atoms with Crippen LogP contribution in [0.2, 0.25) is 0 Å². The second-order valence-corrected chi connectivity index (χ2v) is 6.29. The molecule has 0 fully saturated rings. The number of hydrazone groups is 1. The molecule has 0 atom stereocenters. The maximum atomic E-state index is 10.9. The van der Waals surface area contributed by atoms with Crippen molar-refractivity contribution in [2.45, 2.75) is 0 Å². The van der Waals surface area contributed by atoms with E-state index in [0.717, 1.165) is 11.1 Å². The van der Waals surface area contributed by atoms with Gasteiger partial charge >= 0.3 is 0 Å². The largest absolute Gasteiger partial charge is 0.270 e. The third-order valence-corrected chi connectivity index (χ3v) is 4.24. The van der Waals surface area contributed by atoms with Crippen LogP contribution in [-0.2, 0) is 0 Å². The van der Waals surface area contributed by atoms with E-state index >= 15 is 0 Å². The first-order valence-corrected chi connectivity index (χ1v) is 9.10. The van der Waals surface area contributed by atoms with Crippen molar-refractivity contribution in [3.8, 4) is 22.5 Å². The highest BCUT2D eigenvalue weighted by molar-refractivity contribution is 5.81. The minimum atomic E-state index is -0.452. The summed E-state index contributed by atoms with van der Waals surface area (Å²) in [6.07, 6.45) is 1.46. The van der Waals surface area contributed by atoms with Crippen LogP contribution in [-0.4, -0.2) is 26.3 Å². The third-order valence-electron chi connectivity index (χ3n) is 4.24. The van der Waals surface area contributed by atoms with E-state index in [0.29, 0.717) is 17.0 Å². The monoisotopic (exact) mass is 396 g/mol. The molecular weight excluding hydrogens is 380 g/mol. The molecule has 0 aliphatic heterocycles. The van der Waals surface area contributed by atoms with Crippen molar-refractivity contribution in [3.05, 3.63) is 101 Å². The number of aromatic nitrogens is 3. The van der Waals surface area contributed by atoms with Crippen molar-refractivity contribution in [3.63, 3.8) is 0 Å². The first-order valence-electron chi connectivity index (χ1n) is 9.10. The number of nitro benzene ring substituents is 1. The lowest BCUT2D eigenvalue weighted by Crippen LogP contribution is -2.03. The van der Waals surface area contributed by atoms with E-state index in [4.69, 9.17) is 0 Å². The molecule has 4 aromatic rings. The van der Waals surface area contributed by atoms with Crippen LogP contribution in [0.1, 0.15) is 5.56 Å². The SMILES string of the molecule is O=[N+]([O-])c1cccc(/C=N/Nc2nnc(-c3ccccc3)c(-c3ccccc3)n2)c1. The van der Waals surface area contributed by atoms with Gasteiger partial charge in [-0.05, 0) is 0 Å². The van der Waals surface area contributed by atoms with E-state index in [1.807, 2.05) is 60.7 Å². The van der Waals surface area contributed by atoms with Gasteiger partial charge in [-0.15, -0.1) is 10.2 Å². The molecule has 4 rings (SSSR count). The standard InChI is InChI=1S/C22H16N6O2/c29-28(30)19-13-7-8-16(14-19)15-23-26-22-24-20(17-9-3-1-4-10-17)21(25-27-22)18-11-5-2-6-12-18/h1-15H,(H,24,26,27)/b23-15+. The lowest BCUT2D eigenvalue weighted by atomic mass is 10.0. The quantitative estimate of drug-likeness (QED) is 0.291. The predicted octanol–water partition coefficient (Wildman–Crippen LogP) is 4.56. The van der Waals surface area contributed by atoms with Crippen LogP contribution in [0.25, 0.3) is 22.5 Å². The molecule has 30 heavy (non-hydrogen) atoms. The lowest BCUT2D eigenvalue weighted by Gasteiger charge is -2.09. The van der Waals surface area contributed by atoms with E-state index in [1.165, 1.54) is 18.3 Å². The van der Waals surface area contributed by atoms with Crippen molar-refractivity contribution in [2.24, 2.45) is 5.10 Å². The molecule has 0 aliphatic rings. The van der Waals surface area contributed by atoms with Crippen LogP contribution in [0.5, 0.6) is 0 Å². The molecule has 3 aromatic carbocycles. The number of non-ortho nitro benzene ring substituents is 1. The van der Waals surface area contributed by atoms with E-state index in [1.54, 1.807) is 12.1 Å². The molecule has 0 saturated carbocycles. The molecule has 0 aliphatic carbocycles. The Hall–Kier alpha value is -4.46. The number of benzene rings is 3. The smallest absolute Gasteiger partial charge is 0.258 e. The van der Waals surface area contributed by atoms with Crippen molar-refractivity contribution < 1.29 is 4.92 Å². The molecule has 146 valence electrons. The van der Waals surface area contributed by atoms with Crippen molar-refractivity contribution >= 4 is 17.9 Å². The van der Waals surface area contributed by atoms with Crippen molar-refractivity contribution in [1.82, 2.24) is 15.2 Å². The van der Waals surface area contributed by atoms with Crippen LogP contribution >= 0.6 is 0 Å². The molecule has 8 heteroatoms. The van der Waals surface area contributed by atoms with Gasteiger partial charge in [0.15, 0.2) is 0 Å². The van der Waals surface area contributed by atoms with Crippen LogP contribution in [0.4, 0.5) is 11.6 Å². The zero-order chi connectivity index (χ0) is 20.8. The summed E-state index contributed by atoms with van der Waals surface area (Å²) >= 11 is 0. The number of hydrogen-bond acceptors (Lipinski definition) is 7. The summed E-state index contributed by atoms with van der Waals surface area (Å²) in [6, 6.07) is 25.6. The molecule has 0 unspecified atom stereocenters. The van der Waals surface area contributed by atoms with Crippen LogP contribution < -0.4 is 5.43 Å². The Morgan fingerprint density at radius 3 is 2.17 bits per heavy atom. The Morgan fingerprint density at radius 1 is 0.833 bits per heavy atom. The molecule has 0 saturated heterocycles.